The minimum atomic E-state index is -3.92. The fourth-order valence-corrected chi connectivity index (χ4v) is 4.36. The van der Waals surface area contributed by atoms with Crippen molar-refractivity contribution >= 4 is 38.2 Å². The third-order valence-corrected chi connectivity index (χ3v) is 5.69. The molecule has 1 amide bonds. The Morgan fingerprint density at radius 2 is 2.09 bits per heavy atom. The molecule has 2 heterocycles. The number of carbonyl (C=O) groups excluding carboxylic acids is 1. The molecule has 2 aromatic heterocycles. The molecule has 3 aromatic rings. The number of para-hydroxylation sites is 1. The van der Waals surface area contributed by atoms with Crippen LogP contribution in [0, 0.1) is 0 Å². The van der Waals surface area contributed by atoms with E-state index in [2.05, 4.69) is 9.71 Å². The second-order valence-electron chi connectivity index (χ2n) is 5.23. The lowest BCUT2D eigenvalue weighted by Gasteiger charge is -2.11. The largest absolute Gasteiger partial charge is 0.350 e. The molecule has 0 aliphatic carbocycles. The summed E-state index contributed by atoms with van der Waals surface area (Å²) in [6.45, 7) is 1.69. The van der Waals surface area contributed by atoms with Crippen molar-refractivity contribution < 1.29 is 13.2 Å². The summed E-state index contributed by atoms with van der Waals surface area (Å²) in [4.78, 5) is 16.1. The predicted octanol–water partition coefficient (Wildman–Crippen LogP) is 2.24. The summed E-state index contributed by atoms with van der Waals surface area (Å²) in [6, 6.07) is 7.69. The number of benzene rings is 1. The maximum Gasteiger partial charge on any atom is 0.282 e. The Balaban J connectivity index is 1.90. The van der Waals surface area contributed by atoms with Crippen molar-refractivity contribution in [3.8, 4) is 0 Å². The van der Waals surface area contributed by atoms with Crippen molar-refractivity contribution in [3.63, 3.8) is 0 Å². The molecule has 0 radical (unpaired) electrons. The van der Waals surface area contributed by atoms with Crippen molar-refractivity contribution in [3.05, 3.63) is 46.9 Å². The molecule has 8 heteroatoms. The predicted molar refractivity (Wildman–Crippen MR) is 88.8 cm³/mol. The number of rotatable bonds is 4. The first-order valence-corrected chi connectivity index (χ1v) is 9.31. The van der Waals surface area contributed by atoms with Gasteiger partial charge in [0.1, 0.15) is 0 Å². The van der Waals surface area contributed by atoms with E-state index < -0.39 is 21.8 Å². The second kappa shape index (κ2) is 5.78. The highest BCUT2D eigenvalue weighted by Gasteiger charge is 2.25. The summed E-state index contributed by atoms with van der Waals surface area (Å²) >= 11 is 1.16. The molecule has 0 saturated carbocycles. The van der Waals surface area contributed by atoms with Gasteiger partial charge in [0.25, 0.3) is 10.0 Å². The van der Waals surface area contributed by atoms with Crippen LogP contribution in [0.2, 0.25) is 0 Å². The van der Waals surface area contributed by atoms with Crippen LogP contribution < -0.4 is 4.72 Å². The number of amides is 1. The molecule has 1 aromatic carbocycles. The van der Waals surface area contributed by atoms with Gasteiger partial charge in [-0.3, -0.25) is 4.79 Å². The van der Waals surface area contributed by atoms with E-state index in [1.807, 2.05) is 42.1 Å². The third-order valence-electron chi connectivity index (χ3n) is 3.71. The topological polar surface area (TPSA) is 81.1 Å². The van der Waals surface area contributed by atoms with Crippen molar-refractivity contribution in [2.45, 2.75) is 17.9 Å². The second-order valence-corrected chi connectivity index (χ2v) is 7.58. The zero-order valence-electron chi connectivity index (χ0n) is 12.6. The van der Waals surface area contributed by atoms with Crippen LogP contribution >= 0.6 is 11.3 Å². The van der Waals surface area contributed by atoms with E-state index in [-0.39, 0.29) is 5.03 Å². The molecule has 6 nitrogen and oxygen atoms in total. The minimum Gasteiger partial charge on any atom is -0.350 e. The molecule has 0 aliphatic heterocycles. The van der Waals surface area contributed by atoms with Gasteiger partial charge in [0.2, 0.25) is 5.91 Å². The molecule has 0 saturated heterocycles. The van der Waals surface area contributed by atoms with Crippen LogP contribution in [0.5, 0.6) is 0 Å². The van der Waals surface area contributed by atoms with Gasteiger partial charge < -0.3 is 4.57 Å². The van der Waals surface area contributed by atoms with Gasteiger partial charge in [0.05, 0.1) is 11.4 Å². The van der Waals surface area contributed by atoms with Crippen molar-refractivity contribution in [1.29, 1.82) is 0 Å². The molecule has 1 unspecified atom stereocenters. The molecule has 23 heavy (non-hydrogen) atoms. The lowest BCUT2D eigenvalue weighted by atomic mass is 10.0. The van der Waals surface area contributed by atoms with E-state index in [0.717, 1.165) is 27.8 Å². The van der Waals surface area contributed by atoms with Crippen molar-refractivity contribution in [1.82, 2.24) is 14.3 Å². The van der Waals surface area contributed by atoms with E-state index in [1.54, 1.807) is 6.92 Å². The van der Waals surface area contributed by atoms with Crippen LogP contribution in [0.25, 0.3) is 10.9 Å². The fraction of sp³-hybridized carbons (Fsp3) is 0.200. The first-order valence-electron chi connectivity index (χ1n) is 6.89. The monoisotopic (exact) mass is 349 g/mol. The molecular weight excluding hydrogens is 334 g/mol. The van der Waals surface area contributed by atoms with Gasteiger partial charge in [-0.25, -0.2) is 9.71 Å². The van der Waals surface area contributed by atoms with Gasteiger partial charge in [0, 0.05) is 29.5 Å². The van der Waals surface area contributed by atoms with Crippen LogP contribution in [0.15, 0.2) is 46.4 Å². The Bertz CT molecular complexity index is 959. The number of fused-ring (bicyclic) bond motifs is 1. The summed E-state index contributed by atoms with van der Waals surface area (Å²) < 4.78 is 28.2. The molecule has 0 fully saturated rings. The highest BCUT2D eigenvalue weighted by molar-refractivity contribution is 7.90. The highest BCUT2D eigenvalue weighted by atomic mass is 32.2. The van der Waals surface area contributed by atoms with Gasteiger partial charge in [-0.15, -0.1) is 11.3 Å². The van der Waals surface area contributed by atoms with E-state index in [9.17, 15) is 13.2 Å². The van der Waals surface area contributed by atoms with E-state index in [1.165, 1.54) is 10.9 Å². The average molecular weight is 349 g/mol. The number of hydrogen-bond acceptors (Lipinski definition) is 5. The molecular formula is C15H15N3O3S2. The molecule has 120 valence electrons. The van der Waals surface area contributed by atoms with Crippen LogP contribution in [0.1, 0.15) is 18.4 Å². The first-order chi connectivity index (χ1) is 10.9. The maximum atomic E-state index is 12.4. The number of aromatic nitrogens is 2. The SMILES string of the molecule is CC(C(=O)NS(=O)(=O)c1cscn1)c1cn(C)c2ccccc12. The Morgan fingerprint density at radius 1 is 1.35 bits per heavy atom. The van der Waals surface area contributed by atoms with E-state index >= 15 is 0 Å². The Morgan fingerprint density at radius 3 is 2.78 bits per heavy atom. The molecule has 3 rings (SSSR count). The number of carbonyl (C=O) groups is 1. The van der Waals surface area contributed by atoms with Gasteiger partial charge in [-0.05, 0) is 18.6 Å². The molecule has 0 aliphatic rings. The van der Waals surface area contributed by atoms with Gasteiger partial charge >= 0.3 is 0 Å². The standard InChI is InChI=1S/C15H15N3O3S2/c1-10(12-7-18(2)13-6-4-3-5-11(12)13)15(19)17-23(20,21)14-8-22-9-16-14/h3-10H,1-2H3,(H,17,19). The summed E-state index contributed by atoms with van der Waals surface area (Å²) in [5.74, 6) is -1.18. The highest BCUT2D eigenvalue weighted by Crippen LogP contribution is 2.27. The zero-order chi connectivity index (χ0) is 16.6. The minimum absolute atomic E-state index is 0.138. The molecule has 1 N–H and O–H groups in total. The summed E-state index contributed by atoms with van der Waals surface area (Å²) in [5.41, 5.74) is 3.19. The number of sulfonamides is 1. The lowest BCUT2D eigenvalue weighted by molar-refractivity contribution is -0.120. The summed E-state index contributed by atoms with van der Waals surface area (Å²) in [7, 11) is -2.03. The molecule has 0 spiro atoms. The van der Waals surface area contributed by atoms with Crippen LogP contribution in [0.3, 0.4) is 0 Å². The number of nitrogens with zero attached hydrogens (tertiary/aromatic N) is 2. The summed E-state index contributed by atoms with van der Waals surface area (Å²) in [5, 5.41) is 2.18. The average Bonchev–Trinajstić information content (AvgIpc) is 3.15. The molecule has 0 bridgehead atoms. The third kappa shape index (κ3) is 2.87. The Hall–Kier alpha value is -2.19. The van der Waals surface area contributed by atoms with Gasteiger partial charge in [-0.2, -0.15) is 8.42 Å². The van der Waals surface area contributed by atoms with Crippen molar-refractivity contribution in [2.75, 3.05) is 0 Å². The Labute approximate surface area is 137 Å². The van der Waals surface area contributed by atoms with E-state index in [0.29, 0.717) is 0 Å². The number of thiazole rings is 1. The first kappa shape index (κ1) is 15.7. The van der Waals surface area contributed by atoms with Gasteiger partial charge in [-0.1, -0.05) is 18.2 Å². The fourth-order valence-electron chi connectivity index (χ4n) is 2.47. The van der Waals surface area contributed by atoms with Crippen molar-refractivity contribution in [2.24, 2.45) is 7.05 Å². The smallest absolute Gasteiger partial charge is 0.282 e. The summed E-state index contributed by atoms with van der Waals surface area (Å²) in [6.07, 6.45) is 1.85. The van der Waals surface area contributed by atoms with Crippen LogP contribution in [0.4, 0.5) is 0 Å². The number of hydrogen-bond donors (Lipinski definition) is 1. The van der Waals surface area contributed by atoms with Crippen LogP contribution in [-0.2, 0) is 21.9 Å². The maximum absolute atomic E-state index is 12.4. The normalized spacial score (nSPS) is 13.1. The van der Waals surface area contributed by atoms with Crippen LogP contribution in [-0.4, -0.2) is 23.9 Å². The lowest BCUT2D eigenvalue weighted by Crippen LogP contribution is -2.33. The quantitative estimate of drug-likeness (QED) is 0.783. The zero-order valence-corrected chi connectivity index (χ0v) is 14.2. The van der Waals surface area contributed by atoms with E-state index in [4.69, 9.17) is 0 Å². The Kier molecular flexibility index (Phi) is 3.95. The number of aryl methyl sites for hydroxylation is 1. The number of nitrogens with one attached hydrogen (secondary N) is 1. The molecule has 1 atom stereocenters. The van der Waals surface area contributed by atoms with Gasteiger partial charge in [0.15, 0.2) is 5.03 Å².